The molecule has 0 heterocycles. The minimum atomic E-state index is 0. The third-order valence-electron chi connectivity index (χ3n) is 4.14. The molecule has 0 aliphatic rings. The molecule has 0 atom stereocenters. The number of nitrogens with zero attached hydrogens (tertiary/aromatic N) is 2. The van der Waals surface area contributed by atoms with Crippen LogP contribution in [0.1, 0.15) is 32.3 Å². The van der Waals surface area contributed by atoms with Gasteiger partial charge in [-0.05, 0) is 51.1 Å². The maximum atomic E-state index is 5.36. The second-order valence-corrected chi connectivity index (χ2v) is 6.28. The maximum Gasteiger partial charge on any atom is 0.191 e. The van der Waals surface area contributed by atoms with E-state index in [0.29, 0.717) is 0 Å². The molecule has 0 saturated carbocycles. The predicted octanol–water partition coefficient (Wildman–Crippen LogP) is 3.15. The van der Waals surface area contributed by atoms with Gasteiger partial charge in [0.25, 0.3) is 0 Å². The van der Waals surface area contributed by atoms with E-state index >= 15 is 0 Å². The SMILES string of the molecule is CCCCN(C)CCN=C(NCC)NCCc1ccc(OC)c(OC)c1.I. The van der Waals surface area contributed by atoms with Gasteiger partial charge in [-0.3, -0.25) is 4.99 Å². The van der Waals surface area contributed by atoms with Crippen molar-refractivity contribution >= 4 is 29.9 Å². The van der Waals surface area contributed by atoms with Crippen molar-refractivity contribution < 1.29 is 9.47 Å². The smallest absolute Gasteiger partial charge is 0.191 e. The fourth-order valence-electron chi connectivity index (χ4n) is 2.58. The summed E-state index contributed by atoms with van der Waals surface area (Å²) in [5, 5.41) is 6.70. The van der Waals surface area contributed by atoms with Crippen molar-refractivity contribution in [2.75, 3.05) is 54.0 Å². The summed E-state index contributed by atoms with van der Waals surface area (Å²) >= 11 is 0. The Kier molecular flexibility index (Phi) is 15.1. The van der Waals surface area contributed by atoms with Crippen molar-refractivity contribution in [2.24, 2.45) is 4.99 Å². The summed E-state index contributed by atoms with van der Waals surface area (Å²) in [7, 11) is 5.47. The molecule has 7 heteroatoms. The van der Waals surface area contributed by atoms with Crippen LogP contribution in [0.3, 0.4) is 0 Å². The highest BCUT2D eigenvalue weighted by molar-refractivity contribution is 14.0. The van der Waals surface area contributed by atoms with Crippen molar-refractivity contribution in [1.82, 2.24) is 15.5 Å². The fraction of sp³-hybridized carbons (Fsp3) is 0.650. The first-order valence-electron chi connectivity index (χ1n) is 9.56. The van der Waals surface area contributed by atoms with Gasteiger partial charge in [0.05, 0.1) is 20.8 Å². The Morgan fingerprint density at radius 3 is 2.44 bits per heavy atom. The minimum Gasteiger partial charge on any atom is -0.493 e. The van der Waals surface area contributed by atoms with Gasteiger partial charge in [-0.15, -0.1) is 24.0 Å². The monoisotopic (exact) mass is 492 g/mol. The topological polar surface area (TPSA) is 58.1 Å². The average molecular weight is 492 g/mol. The number of guanidine groups is 1. The van der Waals surface area contributed by atoms with Gasteiger partial charge in [0.1, 0.15) is 0 Å². The molecule has 0 amide bonds. The van der Waals surface area contributed by atoms with Crippen LogP contribution in [0.15, 0.2) is 23.2 Å². The first kappa shape index (κ1) is 25.8. The lowest BCUT2D eigenvalue weighted by molar-refractivity contribution is 0.337. The molecule has 1 rings (SSSR count). The van der Waals surface area contributed by atoms with E-state index < -0.39 is 0 Å². The zero-order chi connectivity index (χ0) is 19.2. The number of hydrogen-bond acceptors (Lipinski definition) is 4. The zero-order valence-corrected chi connectivity index (χ0v) is 19.8. The molecule has 6 nitrogen and oxygen atoms in total. The van der Waals surface area contributed by atoms with E-state index in [1.54, 1.807) is 14.2 Å². The molecule has 0 radical (unpaired) electrons. The zero-order valence-electron chi connectivity index (χ0n) is 17.5. The second kappa shape index (κ2) is 15.8. The van der Waals surface area contributed by atoms with Crippen LogP contribution in [-0.4, -0.2) is 64.9 Å². The van der Waals surface area contributed by atoms with Gasteiger partial charge in [0, 0.05) is 19.6 Å². The molecule has 0 aromatic heterocycles. The number of benzene rings is 1. The second-order valence-electron chi connectivity index (χ2n) is 6.28. The minimum absolute atomic E-state index is 0. The molecule has 0 spiro atoms. The largest absolute Gasteiger partial charge is 0.493 e. The normalized spacial score (nSPS) is 11.1. The highest BCUT2D eigenvalue weighted by Crippen LogP contribution is 2.27. The molecule has 0 saturated heterocycles. The third-order valence-corrected chi connectivity index (χ3v) is 4.14. The summed E-state index contributed by atoms with van der Waals surface area (Å²) in [6.45, 7) is 8.88. The molecule has 0 fully saturated rings. The number of halogens is 1. The average Bonchev–Trinajstić information content (AvgIpc) is 2.66. The summed E-state index contributed by atoms with van der Waals surface area (Å²) in [5.41, 5.74) is 1.20. The Balaban J connectivity index is 0.00000676. The van der Waals surface area contributed by atoms with Gasteiger partial charge < -0.3 is 25.0 Å². The Bertz CT molecular complexity index is 541. The quantitative estimate of drug-likeness (QED) is 0.267. The summed E-state index contributed by atoms with van der Waals surface area (Å²) in [5.74, 6) is 2.39. The van der Waals surface area contributed by atoms with Crippen LogP contribution < -0.4 is 20.1 Å². The van der Waals surface area contributed by atoms with Crippen LogP contribution in [0.4, 0.5) is 0 Å². The lowest BCUT2D eigenvalue weighted by Gasteiger charge is -2.16. The van der Waals surface area contributed by atoms with Gasteiger partial charge in [0.2, 0.25) is 0 Å². The summed E-state index contributed by atoms with van der Waals surface area (Å²) in [6.07, 6.45) is 3.36. The molecule has 1 aromatic rings. The molecule has 1 aromatic carbocycles. The number of hydrogen-bond donors (Lipinski definition) is 2. The Hall–Kier alpha value is -1.22. The lowest BCUT2D eigenvalue weighted by Crippen LogP contribution is -2.39. The van der Waals surface area contributed by atoms with Gasteiger partial charge >= 0.3 is 0 Å². The van der Waals surface area contributed by atoms with Gasteiger partial charge in [0.15, 0.2) is 17.5 Å². The van der Waals surface area contributed by atoms with Gasteiger partial charge in [-0.25, -0.2) is 0 Å². The fourth-order valence-corrected chi connectivity index (χ4v) is 2.58. The molecule has 0 unspecified atom stereocenters. The Morgan fingerprint density at radius 2 is 1.81 bits per heavy atom. The van der Waals surface area contributed by atoms with E-state index in [1.165, 1.54) is 18.4 Å². The van der Waals surface area contributed by atoms with E-state index in [2.05, 4.69) is 47.5 Å². The molecular formula is C20H37IN4O2. The van der Waals surface area contributed by atoms with Crippen molar-refractivity contribution in [1.29, 1.82) is 0 Å². The summed E-state index contributed by atoms with van der Waals surface area (Å²) < 4.78 is 10.6. The van der Waals surface area contributed by atoms with E-state index in [1.807, 2.05) is 12.1 Å². The summed E-state index contributed by atoms with van der Waals surface area (Å²) in [4.78, 5) is 7.00. The maximum absolute atomic E-state index is 5.36. The van der Waals surface area contributed by atoms with Crippen molar-refractivity contribution in [3.63, 3.8) is 0 Å². The number of likely N-dealkylation sites (N-methyl/N-ethyl adjacent to an activating group) is 1. The Labute approximate surface area is 182 Å². The molecule has 0 bridgehead atoms. The Morgan fingerprint density at radius 1 is 1.07 bits per heavy atom. The van der Waals surface area contributed by atoms with Crippen LogP contribution in [-0.2, 0) is 6.42 Å². The van der Waals surface area contributed by atoms with Crippen molar-refractivity contribution in [3.8, 4) is 11.5 Å². The van der Waals surface area contributed by atoms with Crippen molar-refractivity contribution in [2.45, 2.75) is 33.1 Å². The molecule has 27 heavy (non-hydrogen) atoms. The number of rotatable bonds is 12. The van der Waals surface area contributed by atoms with Crippen LogP contribution in [0, 0.1) is 0 Å². The standard InChI is InChI=1S/C20H36N4O2.HI/c1-6-8-14-24(3)15-13-23-20(21-7-2)22-12-11-17-9-10-18(25-4)19(16-17)26-5;/h9-10,16H,6-8,11-15H2,1-5H3,(H2,21,22,23);1H. The van der Waals surface area contributed by atoms with E-state index in [0.717, 1.165) is 56.6 Å². The number of unbranched alkanes of at least 4 members (excludes halogenated alkanes) is 1. The first-order valence-corrected chi connectivity index (χ1v) is 9.56. The van der Waals surface area contributed by atoms with Crippen LogP contribution >= 0.6 is 24.0 Å². The molecule has 0 aliphatic carbocycles. The lowest BCUT2D eigenvalue weighted by atomic mass is 10.1. The molecular weight excluding hydrogens is 455 g/mol. The van der Waals surface area contributed by atoms with E-state index in [-0.39, 0.29) is 24.0 Å². The number of nitrogens with one attached hydrogen (secondary N) is 2. The van der Waals surface area contributed by atoms with E-state index in [9.17, 15) is 0 Å². The molecule has 156 valence electrons. The van der Waals surface area contributed by atoms with E-state index in [4.69, 9.17) is 9.47 Å². The van der Waals surface area contributed by atoms with Crippen LogP contribution in [0.5, 0.6) is 11.5 Å². The predicted molar refractivity (Wildman–Crippen MR) is 125 cm³/mol. The van der Waals surface area contributed by atoms with Crippen LogP contribution in [0.2, 0.25) is 0 Å². The molecule has 2 N–H and O–H groups in total. The van der Waals surface area contributed by atoms with Crippen molar-refractivity contribution in [3.05, 3.63) is 23.8 Å². The highest BCUT2D eigenvalue weighted by Gasteiger charge is 2.05. The highest BCUT2D eigenvalue weighted by atomic mass is 127. The number of aliphatic imine (C=N–C) groups is 1. The number of methoxy groups -OCH3 is 2. The third kappa shape index (κ3) is 10.6. The van der Waals surface area contributed by atoms with Gasteiger partial charge in [-0.1, -0.05) is 19.4 Å². The number of ether oxygens (including phenoxy) is 2. The first-order chi connectivity index (χ1) is 12.6. The van der Waals surface area contributed by atoms with Gasteiger partial charge in [-0.2, -0.15) is 0 Å². The van der Waals surface area contributed by atoms with Crippen LogP contribution in [0.25, 0.3) is 0 Å². The summed E-state index contributed by atoms with van der Waals surface area (Å²) in [6, 6.07) is 6.03. The molecule has 0 aliphatic heterocycles.